The number of rotatable bonds is 9. The number of hydrogen-bond acceptors (Lipinski definition) is 4. The summed E-state index contributed by atoms with van der Waals surface area (Å²) in [5.41, 5.74) is 1.88. The highest BCUT2D eigenvalue weighted by Crippen LogP contribution is 2.04. The van der Waals surface area contributed by atoms with E-state index in [1.807, 2.05) is 60.7 Å². The van der Waals surface area contributed by atoms with Gasteiger partial charge < -0.3 is 14.8 Å². The van der Waals surface area contributed by atoms with E-state index in [0.29, 0.717) is 6.61 Å². The lowest BCUT2D eigenvalue weighted by molar-refractivity contribution is -0.145. The average molecular weight is 362 g/mol. The molecule has 6 heteroatoms. The summed E-state index contributed by atoms with van der Waals surface area (Å²) in [6, 6.07) is 18.9. The van der Waals surface area contributed by atoms with E-state index < -0.39 is 17.3 Å². The van der Waals surface area contributed by atoms with Crippen LogP contribution in [0.5, 0.6) is 0 Å². The van der Waals surface area contributed by atoms with E-state index in [-0.39, 0.29) is 19.8 Å². The Labute approximate surface area is 151 Å². The zero-order valence-electron chi connectivity index (χ0n) is 13.7. The summed E-state index contributed by atoms with van der Waals surface area (Å²) in [6.45, 7) is 0.366. The number of carbonyl (C=O) groups is 2. The second kappa shape index (κ2) is 10.5. The molecule has 132 valence electrons. The molecule has 5 nitrogen and oxygen atoms in total. The predicted molar refractivity (Wildman–Crippen MR) is 95.0 cm³/mol. The van der Waals surface area contributed by atoms with Gasteiger partial charge in [-0.25, -0.2) is 0 Å². The summed E-state index contributed by atoms with van der Waals surface area (Å²) in [4.78, 5) is 23.5. The first-order valence-electron chi connectivity index (χ1n) is 7.88. The fraction of sp³-hybridized carbons (Fsp3) is 0.263. The molecule has 2 aromatic rings. The molecular weight excluding hydrogens is 342 g/mol. The zero-order chi connectivity index (χ0) is 17.9. The molecule has 0 saturated carbocycles. The van der Waals surface area contributed by atoms with Crippen molar-refractivity contribution >= 4 is 23.5 Å². The minimum absolute atomic E-state index is 0.0569. The molecule has 0 spiro atoms. The summed E-state index contributed by atoms with van der Waals surface area (Å²) in [7, 11) is 0. The minimum atomic E-state index is -0.870. The first-order chi connectivity index (χ1) is 12.1. The molecule has 1 unspecified atom stereocenters. The lowest BCUT2D eigenvalue weighted by atomic mass is 10.2. The molecule has 0 radical (unpaired) electrons. The Kier molecular flexibility index (Phi) is 7.95. The molecule has 0 bridgehead atoms. The first-order valence-corrected chi connectivity index (χ1v) is 8.32. The van der Waals surface area contributed by atoms with Gasteiger partial charge in [0.15, 0.2) is 0 Å². The number of carbonyl (C=O) groups excluding carboxylic acids is 2. The summed E-state index contributed by atoms with van der Waals surface area (Å²) < 4.78 is 10.5. The van der Waals surface area contributed by atoms with Gasteiger partial charge in [0.05, 0.1) is 13.2 Å². The Morgan fingerprint density at radius 1 is 0.920 bits per heavy atom. The standard InChI is InChI=1S/C19H20ClNO4/c20-17(14-24-12-15-7-3-1-4-8-15)19(23)21-11-18(22)25-13-16-9-5-2-6-10-16/h1-10,17H,11-14H2,(H,21,23). The molecule has 0 heterocycles. The lowest BCUT2D eigenvalue weighted by Crippen LogP contribution is -2.37. The van der Waals surface area contributed by atoms with Crippen molar-refractivity contribution in [1.82, 2.24) is 5.32 Å². The van der Waals surface area contributed by atoms with E-state index in [4.69, 9.17) is 21.1 Å². The molecule has 0 aliphatic heterocycles. The Morgan fingerprint density at radius 2 is 1.48 bits per heavy atom. The van der Waals surface area contributed by atoms with Crippen molar-refractivity contribution in [2.24, 2.45) is 0 Å². The maximum Gasteiger partial charge on any atom is 0.325 e. The number of amides is 1. The third-order valence-electron chi connectivity index (χ3n) is 3.31. The molecule has 2 aromatic carbocycles. The van der Waals surface area contributed by atoms with Gasteiger partial charge in [-0.3, -0.25) is 9.59 Å². The number of esters is 1. The van der Waals surface area contributed by atoms with Crippen molar-refractivity contribution in [3.05, 3.63) is 71.8 Å². The van der Waals surface area contributed by atoms with Gasteiger partial charge in [0.1, 0.15) is 18.5 Å². The van der Waals surface area contributed by atoms with Gasteiger partial charge in [-0.1, -0.05) is 60.7 Å². The van der Waals surface area contributed by atoms with Gasteiger partial charge in [0.25, 0.3) is 0 Å². The van der Waals surface area contributed by atoms with Gasteiger partial charge in [0.2, 0.25) is 5.91 Å². The Hall–Kier alpha value is -2.37. The summed E-state index contributed by atoms with van der Waals surface area (Å²) in [6.07, 6.45) is 0. The maximum absolute atomic E-state index is 11.8. The molecule has 1 amide bonds. The number of benzene rings is 2. The lowest BCUT2D eigenvalue weighted by Gasteiger charge is -2.11. The number of ether oxygens (including phenoxy) is 2. The largest absolute Gasteiger partial charge is 0.460 e. The van der Waals surface area contributed by atoms with E-state index in [2.05, 4.69) is 5.32 Å². The summed E-state index contributed by atoms with van der Waals surface area (Å²) >= 11 is 5.96. The van der Waals surface area contributed by atoms with E-state index in [0.717, 1.165) is 11.1 Å². The second-order valence-corrected chi connectivity index (χ2v) is 5.86. The SMILES string of the molecule is O=C(CNC(=O)C(Cl)COCc1ccccc1)OCc1ccccc1. The van der Waals surface area contributed by atoms with Crippen LogP contribution < -0.4 is 5.32 Å². The van der Waals surface area contributed by atoms with Crippen LogP contribution in [0.2, 0.25) is 0 Å². The zero-order valence-corrected chi connectivity index (χ0v) is 14.4. The Balaban J connectivity index is 1.61. The number of nitrogens with one attached hydrogen (secondary N) is 1. The molecule has 2 rings (SSSR count). The van der Waals surface area contributed by atoms with Gasteiger partial charge in [-0.15, -0.1) is 11.6 Å². The van der Waals surface area contributed by atoms with E-state index in [1.165, 1.54) is 0 Å². The van der Waals surface area contributed by atoms with Gasteiger partial charge >= 0.3 is 5.97 Å². The molecule has 1 N–H and O–H groups in total. The van der Waals surface area contributed by atoms with Crippen LogP contribution in [0.1, 0.15) is 11.1 Å². The third-order valence-corrected chi connectivity index (χ3v) is 3.63. The average Bonchev–Trinajstić information content (AvgIpc) is 2.66. The fourth-order valence-corrected chi connectivity index (χ4v) is 2.16. The van der Waals surface area contributed by atoms with Crippen LogP contribution in [0.3, 0.4) is 0 Å². The van der Waals surface area contributed by atoms with E-state index in [1.54, 1.807) is 0 Å². The molecule has 1 atom stereocenters. The molecule has 25 heavy (non-hydrogen) atoms. The molecule has 0 fully saturated rings. The van der Waals surface area contributed by atoms with E-state index >= 15 is 0 Å². The highest BCUT2D eigenvalue weighted by molar-refractivity contribution is 6.31. The highest BCUT2D eigenvalue weighted by atomic mass is 35.5. The Bertz CT molecular complexity index is 664. The predicted octanol–water partition coefficient (Wildman–Crippen LogP) is 2.67. The third kappa shape index (κ3) is 7.37. The quantitative estimate of drug-likeness (QED) is 0.551. The van der Waals surface area contributed by atoms with E-state index in [9.17, 15) is 9.59 Å². The van der Waals surface area contributed by atoms with Crippen LogP contribution in [0.15, 0.2) is 60.7 Å². The van der Waals surface area contributed by atoms with Crippen LogP contribution in [0.4, 0.5) is 0 Å². The number of alkyl halides is 1. The summed E-state index contributed by atoms with van der Waals surface area (Å²) in [5.74, 6) is -0.988. The van der Waals surface area contributed by atoms with Gasteiger partial charge in [-0.2, -0.15) is 0 Å². The van der Waals surface area contributed by atoms with Gasteiger partial charge in [0, 0.05) is 0 Å². The van der Waals surface area contributed by atoms with Crippen LogP contribution in [0.25, 0.3) is 0 Å². The second-order valence-electron chi connectivity index (χ2n) is 5.33. The Morgan fingerprint density at radius 3 is 2.08 bits per heavy atom. The first kappa shape index (κ1) is 19.0. The number of halogens is 1. The van der Waals surface area contributed by atoms with Gasteiger partial charge in [-0.05, 0) is 11.1 Å². The van der Waals surface area contributed by atoms with Crippen molar-refractivity contribution in [3.8, 4) is 0 Å². The number of hydrogen-bond donors (Lipinski definition) is 1. The fourth-order valence-electron chi connectivity index (χ4n) is 1.99. The maximum atomic E-state index is 11.8. The normalized spacial score (nSPS) is 11.6. The molecule has 0 saturated heterocycles. The van der Waals surface area contributed by atoms with Crippen molar-refractivity contribution in [2.45, 2.75) is 18.6 Å². The van der Waals surface area contributed by atoms with Crippen LogP contribution in [-0.2, 0) is 32.3 Å². The van der Waals surface area contributed by atoms with Crippen molar-refractivity contribution in [2.75, 3.05) is 13.2 Å². The minimum Gasteiger partial charge on any atom is -0.460 e. The monoisotopic (exact) mass is 361 g/mol. The molecule has 0 aliphatic rings. The van der Waals surface area contributed by atoms with Crippen LogP contribution in [-0.4, -0.2) is 30.4 Å². The highest BCUT2D eigenvalue weighted by Gasteiger charge is 2.16. The smallest absolute Gasteiger partial charge is 0.325 e. The summed E-state index contributed by atoms with van der Waals surface area (Å²) in [5, 5.41) is 1.57. The molecule has 0 aliphatic carbocycles. The van der Waals surface area contributed by atoms with Crippen LogP contribution in [0, 0.1) is 0 Å². The molecule has 0 aromatic heterocycles. The van der Waals surface area contributed by atoms with Crippen LogP contribution >= 0.6 is 11.6 Å². The van der Waals surface area contributed by atoms with Crippen molar-refractivity contribution in [1.29, 1.82) is 0 Å². The van der Waals surface area contributed by atoms with Crippen molar-refractivity contribution in [3.63, 3.8) is 0 Å². The molecular formula is C19H20ClNO4. The van der Waals surface area contributed by atoms with Crippen molar-refractivity contribution < 1.29 is 19.1 Å². The topological polar surface area (TPSA) is 64.6 Å².